The van der Waals surface area contributed by atoms with Crippen molar-refractivity contribution in [1.82, 2.24) is 5.32 Å². The Hall–Kier alpha value is -1.77. The number of allylic oxidation sites excluding steroid dienone is 8. The first-order chi connectivity index (χ1) is 12.8. The maximum Gasteiger partial charge on any atom is 0.407 e. The van der Waals surface area contributed by atoms with E-state index in [1.54, 1.807) is 0 Å². The molecule has 0 bridgehead atoms. The second-order valence-electron chi connectivity index (χ2n) is 6.23. The summed E-state index contributed by atoms with van der Waals surface area (Å²) in [4.78, 5) is 11.1. The number of carbonyl (C=O) groups is 1. The average Bonchev–Trinajstić information content (AvgIpc) is 2.64. The van der Waals surface area contributed by atoms with Gasteiger partial charge in [0.05, 0.1) is 6.61 Å². The molecular formula is C23H39NO2. The van der Waals surface area contributed by atoms with Crippen LogP contribution in [0.15, 0.2) is 48.6 Å². The van der Waals surface area contributed by atoms with Gasteiger partial charge in [0.2, 0.25) is 0 Å². The number of amides is 1. The van der Waals surface area contributed by atoms with Gasteiger partial charge in [-0.15, -0.1) is 0 Å². The maximum atomic E-state index is 11.1. The molecule has 1 N–H and O–H groups in total. The molecule has 0 aliphatic rings. The van der Waals surface area contributed by atoms with Gasteiger partial charge in [-0.1, -0.05) is 68.4 Å². The van der Waals surface area contributed by atoms with Gasteiger partial charge in [0.1, 0.15) is 0 Å². The Balaban J connectivity index is 3.40. The molecule has 148 valence electrons. The SMILES string of the molecule is CCCCCC=CCC=CCC=CCC=CCCCCNC(=O)OCC. The van der Waals surface area contributed by atoms with E-state index in [4.69, 9.17) is 4.74 Å². The van der Waals surface area contributed by atoms with E-state index in [1.807, 2.05) is 6.92 Å². The first kappa shape index (κ1) is 24.2. The van der Waals surface area contributed by atoms with Crippen molar-refractivity contribution >= 4 is 6.09 Å². The molecular weight excluding hydrogens is 322 g/mol. The number of unbranched alkanes of at least 4 members (excludes halogenated alkanes) is 5. The Morgan fingerprint density at radius 3 is 1.73 bits per heavy atom. The smallest absolute Gasteiger partial charge is 0.407 e. The van der Waals surface area contributed by atoms with Crippen molar-refractivity contribution < 1.29 is 9.53 Å². The van der Waals surface area contributed by atoms with Gasteiger partial charge in [0.25, 0.3) is 0 Å². The molecule has 0 heterocycles. The summed E-state index contributed by atoms with van der Waals surface area (Å²) in [5.74, 6) is 0. The Kier molecular flexibility index (Phi) is 19.8. The molecule has 0 fully saturated rings. The van der Waals surface area contributed by atoms with Gasteiger partial charge in [0.15, 0.2) is 0 Å². The quantitative estimate of drug-likeness (QED) is 0.240. The van der Waals surface area contributed by atoms with Crippen LogP contribution < -0.4 is 5.32 Å². The van der Waals surface area contributed by atoms with Crippen LogP contribution >= 0.6 is 0 Å². The highest BCUT2D eigenvalue weighted by atomic mass is 16.5. The van der Waals surface area contributed by atoms with E-state index in [-0.39, 0.29) is 6.09 Å². The van der Waals surface area contributed by atoms with Crippen molar-refractivity contribution in [2.24, 2.45) is 0 Å². The molecule has 0 radical (unpaired) electrons. The van der Waals surface area contributed by atoms with Crippen LogP contribution in [0, 0.1) is 0 Å². The average molecular weight is 362 g/mol. The molecule has 0 aliphatic carbocycles. The first-order valence-electron chi connectivity index (χ1n) is 10.3. The van der Waals surface area contributed by atoms with E-state index in [0.717, 1.165) is 38.5 Å². The van der Waals surface area contributed by atoms with E-state index in [9.17, 15) is 4.79 Å². The lowest BCUT2D eigenvalue weighted by atomic mass is 10.2. The summed E-state index contributed by atoms with van der Waals surface area (Å²) in [5, 5.41) is 2.73. The molecule has 1 amide bonds. The summed E-state index contributed by atoms with van der Waals surface area (Å²) in [6.45, 7) is 5.16. The van der Waals surface area contributed by atoms with Crippen LogP contribution in [0.5, 0.6) is 0 Å². The zero-order valence-electron chi connectivity index (χ0n) is 16.9. The third-order valence-corrected chi connectivity index (χ3v) is 3.80. The standard InChI is InChI=1S/C23H39NO2/c1-3-5-6-7-8-9-10-11-12-13-14-15-16-17-18-19-20-21-22-24-23(25)26-4-2/h8-9,11-12,14-15,17-18H,3-7,10,13,16,19-22H2,1-2H3,(H,24,25). The van der Waals surface area contributed by atoms with E-state index in [1.165, 1.54) is 25.7 Å². The fourth-order valence-electron chi connectivity index (χ4n) is 2.32. The van der Waals surface area contributed by atoms with Gasteiger partial charge in [-0.3, -0.25) is 0 Å². The predicted octanol–water partition coefficient (Wildman–Crippen LogP) is 6.88. The summed E-state index contributed by atoms with van der Waals surface area (Å²) in [5.41, 5.74) is 0. The zero-order valence-corrected chi connectivity index (χ0v) is 16.9. The number of carbonyl (C=O) groups excluding carboxylic acids is 1. The second kappa shape index (κ2) is 21.3. The number of hydrogen-bond donors (Lipinski definition) is 1. The minimum absolute atomic E-state index is 0.315. The Labute approximate surface area is 161 Å². The van der Waals surface area contributed by atoms with Gasteiger partial charge >= 0.3 is 6.09 Å². The monoisotopic (exact) mass is 361 g/mol. The Bertz CT molecular complexity index is 422. The minimum atomic E-state index is -0.315. The largest absolute Gasteiger partial charge is 0.450 e. The van der Waals surface area contributed by atoms with Crippen molar-refractivity contribution in [3.05, 3.63) is 48.6 Å². The summed E-state index contributed by atoms with van der Waals surface area (Å²) < 4.78 is 4.80. The lowest BCUT2D eigenvalue weighted by Gasteiger charge is -2.03. The molecule has 26 heavy (non-hydrogen) atoms. The summed E-state index contributed by atoms with van der Waals surface area (Å²) >= 11 is 0. The number of hydrogen-bond acceptors (Lipinski definition) is 2. The van der Waals surface area contributed by atoms with Gasteiger partial charge in [-0.05, 0) is 58.3 Å². The minimum Gasteiger partial charge on any atom is -0.450 e. The molecule has 0 spiro atoms. The van der Waals surface area contributed by atoms with Crippen LogP contribution in [0.4, 0.5) is 4.79 Å². The van der Waals surface area contributed by atoms with E-state index >= 15 is 0 Å². The van der Waals surface area contributed by atoms with Gasteiger partial charge in [0, 0.05) is 6.54 Å². The molecule has 0 unspecified atom stereocenters. The van der Waals surface area contributed by atoms with E-state index in [2.05, 4.69) is 60.8 Å². The normalized spacial score (nSPS) is 12.1. The van der Waals surface area contributed by atoms with Gasteiger partial charge in [-0.2, -0.15) is 0 Å². The zero-order chi connectivity index (χ0) is 19.1. The third-order valence-electron chi connectivity index (χ3n) is 3.80. The highest BCUT2D eigenvalue weighted by Gasteiger charge is 1.96. The molecule has 3 heteroatoms. The summed E-state index contributed by atoms with van der Waals surface area (Å²) in [7, 11) is 0. The van der Waals surface area contributed by atoms with Crippen LogP contribution in [0.25, 0.3) is 0 Å². The Morgan fingerprint density at radius 1 is 0.731 bits per heavy atom. The van der Waals surface area contributed by atoms with Crippen LogP contribution in [0.2, 0.25) is 0 Å². The number of rotatable bonds is 16. The first-order valence-corrected chi connectivity index (χ1v) is 10.3. The van der Waals surface area contributed by atoms with E-state index in [0.29, 0.717) is 13.2 Å². The van der Waals surface area contributed by atoms with Crippen molar-refractivity contribution in [2.45, 2.75) is 78.1 Å². The molecule has 0 saturated carbocycles. The van der Waals surface area contributed by atoms with E-state index < -0.39 is 0 Å². The van der Waals surface area contributed by atoms with Crippen LogP contribution in [-0.2, 0) is 4.74 Å². The van der Waals surface area contributed by atoms with Gasteiger partial charge in [-0.25, -0.2) is 4.79 Å². The third kappa shape index (κ3) is 20.3. The van der Waals surface area contributed by atoms with Crippen molar-refractivity contribution in [1.29, 1.82) is 0 Å². The van der Waals surface area contributed by atoms with Gasteiger partial charge < -0.3 is 10.1 Å². The fraction of sp³-hybridized carbons (Fsp3) is 0.609. The van der Waals surface area contributed by atoms with Crippen LogP contribution in [0.3, 0.4) is 0 Å². The lowest BCUT2D eigenvalue weighted by molar-refractivity contribution is 0.152. The molecule has 0 rings (SSSR count). The molecule has 0 saturated heterocycles. The fourth-order valence-corrected chi connectivity index (χ4v) is 2.32. The predicted molar refractivity (Wildman–Crippen MR) is 113 cm³/mol. The summed E-state index contributed by atoms with van der Waals surface area (Å²) in [6.07, 6.45) is 28.9. The highest BCUT2D eigenvalue weighted by Crippen LogP contribution is 2.01. The van der Waals surface area contributed by atoms with Crippen LogP contribution in [-0.4, -0.2) is 19.2 Å². The molecule has 0 aromatic carbocycles. The second-order valence-corrected chi connectivity index (χ2v) is 6.23. The highest BCUT2D eigenvalue weighted by molar-refractivity contribution is 5.66. The molecule has 0 aromatic heterocycles. The topological polar surface area (TPSA) is 38.3 Å². The maximum absolute atomic E-state index is 11.1. The lowest BCUT2D eigenvalue weighted by Crippen LogP contribution is -2.25. The molecule has 3 nitrogen and oxygen atoms in total. The summed E-state index contributed by atoms with van der Waals surface area (Å²) in [6, 6.07) is 0. The number of nitrogens with one attached hydrogen (secondary N) is 1. The number of alkyl carbamates (subject to hydrolysis) is 1. The number of ether oxygens (including phenoxy) is 1. The van der Waals surface area contributed by atoms with Crippen molar-refractivity contribution in [3.63, 3.8) is 0 Å². The van der Waals surface area contributed by atoms with Crippen molar-refractivity contribution in [2.75, 3.05) is 13.2 Å². The van der Waals surface area contributed by atoms with Crippen LogP contribution in [0.1, 0.15) is 78.1 Å². The van der Waals surface area contributed by atoms with Crippen molar-refractivity contribution in [3.8, 4) is 0 Å². The molecule has 0 aliphatic heterocycles. The Morgan fingerprint density at radius 2 is 1.23 bits per heavy atom. The molecule has 0 aromatic rings. The molecule has 0 atom stereocenters.